The molecule has 1 atom stereocenters. The lowest BCUT2D eigenvalue weighted by molar-refractivity contribution is 0.0623. The van der Waals surface area contributed by atoms with Crippen LogP contribution in [0, 0.1) is 0 Å². The summed E-state index contributed by atoms with van der Waals surface area (Å²) in [5, 5.41) is 0. The first-order chi connectivity index (χ1) is 12.5. The summed E-state index contributed by atoms with van der Waals surface area (Å²) < 4.78 is 25.1. The highest BCUT2D eigenvalue weighted by atomic mass is 32.2. The van der Waals surface area contributed by atoms with Crippen LogP contribution in [0.15, 0.2) is 59.5 Å². The topological polar surface area (TPSA) is 80.5 Å². The van der Waals surface area contributed by atoms with E-state index in [1.54, 1.807) is 54.6 Å². The van der Waals surface area contributed by atoms with E-state index in [4.69, 9.17) is 5.73 Å². The highest BCUT2D eigenvalue weighted by molar-refractivity contribution is 7.90. The van der Waals surface area contributed by atoms with E-state index < -0.39 is 9.84 Å². The Morgan fingerprint density at radius 1 is 1.08 bits per heavy atom. The molecule has 5 nitrogen and oxygen atoms in total. The van der Waals surface area contributed by atoms with E-state index >= 15 is 0 Å². The van der Waals surface area contributed by atoms with E-state index in [1.807, 2.05) is 4.90 Å². The molecule has 1 unspecified atom stereocenters. The van der Waals surface area contributed by atoms with Crippen molar-refractivity contribution in [3.63, 3.8) is 0 Å². The van der Waals surface area contributed by atoms with Crippen LogP contribution in [0.3, 0.4) is 0 Å². The van der Waals surface area contributed by atoms with Gasteiger partial charge >= 0.3 is 0 Å². The van der Waals surface area contributed by atoms with Crippen LogP contribution < -0.4 is 5.73 Å². The number of nitrogens with zero attached hydrogens (tertiary/aromatic N) is 1. The average Bonchev–Trinajstić information content (AvgIpc) is 2.68. The Morgan fingerprint density at radius 3 is 2.58 bits per heavy atom. The Bertz CT molecular complexity index is 866. The van der Waals surface area contributed by atoms with Crippen LogP contribution in [-0.4, -0.2) is 38.4 Å². The Balaban J connectivity index is 1.81. The van der Waals surface area contributed by atoms with Gasteiger partial charge in [0.05, 0.1) is 10.6 Å². The minimum atomic E-state index is -3.44. The molecule has 0 spiro atoms. The number of piperidine rings is 1. The number of benzene rings is 2. The summed E-state index contributed by atoms with van der Waals surface area (Å²) in [6, 6.07) is 15.3. The normalized spacial score (nSPS) is 17.9. The number of hydrogen-bond donors (Lipinski definition) is 1. The first kappa shape index (κ1) is 18.6. The maximum Gasteiger partial charge on any atom is 0.254 e. The van der Waals surface area contributed by atoms with Gasteiger partial charge in [-0.15, -0.1) is 0 Å². The van der Waals surface area contributed by atoms with E-state index in [0.717, 1.165) is 19.3 Å². The lowest BCUT2D eigenvalue weighted by Crippen LogP contribution is -2.47. The summed E-state index contributed by atoms with van der Waals surface area (Å²) in [5.41, 5.74) is 6.95. The molecule has 2 aromatic rings. The van der Waals surface area contributed by atoms with Gasteiger partial charge in [-0.05, 0) is 49.1 Å². The third-order valence-electron chi connectivity index (χ3n) is 4.79. The Morgan fingerprint density at radius 2 is 1.85 bits per heavy atom. The third-order valence-corrected chi connectivity index (χ3v) is 6.50. The van der Waals surface area contributed by atoms with Gasteiger partial charge in [-0.2, -0.15) is 0 Å². The minimum absolute atomic E-state index is 0.0629. The lowest BCUT2D eigenvalue weighted by atomic mass is 10.0. The molecule has 1 saturated heterocycles. The van der Waals surface area contributed by atoms with Crippen LogP contribution >= 0.6 is 0 Å². The van der Waals surface area contributed by atoms with Crippen LogP contribution in [0.1, 0.15) is 35.2 Å². The number of carbonyl (C=O) groups excluding carboxylic acids is 1. The predicted octanol–water partition coefficient (Wildman–Crippen LogP) is 2.61. The second kappa shape index (κ2) is 8.01. The highest BCUT2D eigenvalue weighted by Crippen LogP contribution is 2.21. The van der Waals surface area contributed by atoms with Crippen LogP contribution in [0.2, 0.25) is 0 Å². The second-order valence-electron chi connectivity index (χ2n) is 6.66. The Labute approximate surface area is 154 Å². The zero-order valence-electron chi connectivity index (χ0n) is 14.7. The molecule has 1 aliphatic rings. The molecule has 3 rings (SSSR count). The van der Waals surface area contributed by atoms with Crippen LogP contribution in [0.5, 0.6) is 0 Å². The number of rotatable bonds is 5. The first-order valence-corrected chi connectivity index (χ1v) is 10.5. The fourth-order valence-corrected chi connectivity index (χ4v) is 4.76. The van der Waals surface area contributed by atoms with E-state index in [-0.39, 0.29) is 22.6 Å². The lowest BCUT2D eigenvalue weighted by Gasteiger charge is -2.35. The van der Waals surface area contributed by atoms with Crippen LogP contribution in [0.4, 0.5) is 0 Å². The largest absolute Gasteiger partial charge is 0.334 e. The first-order valence-electron chi connectivity index (χ1n) is 8.89. The van der Waals surface area contributed by atoms with Crippen molar-refractivity contribution in [3.05, 3.63) is 65.7 Å². The Kier molecular flexibility index (Phi) is 5.74. The van der Waals surface area contributed by atoms with Gasteiger partial charge in [-0.1, -0.05) is 30.3 Å². The molecule has 1 heterocycles. The van der Waals surface area contributed by atoms with Gasteiger partial charge in [0.15, 0.2) is 9.84 Å². The molecular formula is C20H24N2O3S. The average molecular weight is 372 g/mol. The van der Waals surface area contributed by atoms with Crippen molar-refractivity contribution in [2.24, 2.45) is 5.73 Å². The number of carbonyl (C=O) groups is 1. The van der Waals surface area contributed by atoms with Crippen molar-refractivity contribution in [1.82, 2.24) is 4.90 Å². The molecule has 0 bridgehead atoms. The number of nitrogens with two attached hydrogens (primary N) is 1. The number of amides is 1. The molecule has 26 heavy (non-hydrogen) atoms. The predicted molar refractivity (Wildman–Crippen MR) is 102 cm³/mol. The molecule has 0 aliphatic carbocycles. The Hall–Kier alpha value is -2.18. The van der Waals surface area contributed by atoms with Gasteiger partial charge in [0.1, 0.15) is 0 Å². The zero-order chi connectivity index (χ0) is 18.6. The second-order valence-corrected chi connectivity index (χ2v) is 8.65. The maximum atomic E-state index is 12.9. The zero-order valence-corrected chi connectivity index (χ0v) is 15.5. The van der Waals surface area contributed by atoms with Crippen LogP contribution in [0.25, 0.3) is 0 Å². The van der Waals surface area contributed by atoms with Crippen molar-refractivity contribution in [1.29, 1.82) is 0 Å². The number of hydrogen-bond acceptors (Lipinski definition) is 4. The van der Waals surface area contributed by atoms with E-state index in [2.05, 4.69) is 0 Å². The van der Waals surface area contributed by atoms with E-state index in [9.17, 15) is 13.2 Å². The van der Waals surface area contributed by atoms with Crippen molar-refractivity contribution >= 4 is 15.7 Å². The number of likely N-dealkylation sites (tertiary alicyclic amines) is 1. The van der Waals surface area contributed by atoms with Gasteiger partial charge in [-0.3, -0.25) is 4.79 Å². The maximum absolute atomic E-state index is 12.9. The molecule has 0 saturated carbocycles. The monoisotopic (exact) mass is 372 g/mol. The highest BCUT2D eigenvalue weighted by Gasteiger charge is 2.26. The van der Waals surface area contributed by atoms with E-state index in [1.165, 1.54) is 0 Å². The van der Waals surface area contributed by atoms with Crippen molar-refractivity contribution < 1.29 is 13.2 Å². The standard InChI is InChI=1S/C20H24N2O3S/c21-14-18-9-4-5-12-22(18)20(23)17-8-6-7-16(13-17)15-26(24,25)19-10-2-1-3-11-19/h1-3,6-8,10-11,13,18H,4-5,9,12,14-15,21H2. The summed E-state index contributed by atoms with van der Waals surface area (Å²) in [6.45, 7) is 1.15. The molecular weight excluding hydrogens is 348 g/mol. The van der Waals surface area contributed by atoms with Crippen molar-refractivity contribution in [2.45, 2.75) is 36.0 Å². The van der Waals surface area contributed by atoms with Crippen LogP contribution in [-0.2, 0) is 15.6 Å². The van der Waals surface area contributed by atoms with Crippen molar-refractivity contribution in [3.8, 4) is 0 Å². The van der Waals surface area contributed by atoms with Gasteiger partial charge in [-0.25, -0.2) is 8.42 Å². The molecule has 138 valence electrons. The SMILES string of the molecule is NCC1CCCCN1C(=O)c1cccc(CS(=O)(=O)c2ccccc2)c1. The van der Waals surface area contributed by atoms with Gasteiger partial charge in [0.2, 0.25) is 0 Å². The smallest absolute Gasteiger partial charge is 0.254 e. The summed E-state index contributed by atoms with van der Waals surface area (Å²) in [4.78, 5) is 15.0. The molecule has 1 aliphatic heterocycles. The van der Waals surface area contributed by atoms with Gasteiger partial charge in [0.25, 0.3) is 5.91 Å². The van der Waals surface area contributed by atoms with Gasteiger partial charge in [0, 0.05) is 24.7 Å². The quantitative estimate of drug-likeness (QED) is 0.875. The molecule has 0 aromatic heterocycles. The fourth-order valence-electron chi connectivity index (χ4n) is 3.40. The summed E-state index contributed by atoms with van der Waals surface area (Å²) in [7, 11) is -3.44. The van der Waals surface area contributed by atoms with E-state index in [0.29, 0.717) is 24.2 Å². The third kappa shape index (κ3) is 4.14. The van der Waals surface area contributed by atoms with Gasteiger partial charge < -0.3 is 10.6 Å². The fraction of sp³-hybridized carbons (Fsp3) is 0.350. The summed E-state index contributed by atoms with van der Waals surface area (Å²) >= 11 is 0. The summed E-state index contributed by atoms with van der Waals surface area (Å²) in [5.74, 6) is -0.197. The number of sulfone groups is 1. The minimum Gasteiger partial charge on any atom is -0.334 e. The summed E-state index contributed by atoms with van der Waals surface area (Å²) in [6.07, 6.45) is 2.98. The van der Waals surface area contributed by atoms with Crippen molar-refractivity contribution in [2.75, 3.05) is 13.1 Å². The molecule has 1 fully saturated rings. The molecule has 2 aromatic carbocycles. The molecule has 0 radical (unpaired) electrons. The molecule has 1 amide bonds. The molecule has 6 heteroatoms. The molecule has 2 N–H and O–H groups in total.